The average Bonchev–Trinajstić information content (AvgIpc) is 3.19. The number of rotatable bonds is 3. The minimum atomic E-state index is -4.72. The molecule has 2 heterocycles. The van der Waals surface area contributed by atoms with Crippen LogP contribution in [-0.4, -0.2) is 33.4 Å². The Hall–Kier alpha value is -2.02. The number of aliphatic hydroxyl groups excluding tert-OH is 1. The SMILES string of the molecule is CC1(C)CN(C2CC2)c2cc(-n3cnc(C(O)C(F)(F)F)c3)ccc21. The number of hydrogen-bond acceptors (Lipinski definition) is 3. The zero-order chi connectivity index (χ0) is 18.0. The molecule has 1 aromatic carbocycles. The van der Waals surface area contributed by atoms with E-state index in [1.165, 1.54) is 35.5 Å². The molecule has 1 fully saturated rings. The van der Waals surface area contributed by atoms with Gasteiger partial charge in [0.2, 0.25) is 0 Å². The van der Waals surface area contributed by atoms with Gasteiger partial charge in [0, 0.05) is 35.6 Å². The van der Waals surface area contributed by atoms with Crippen LogP contribution < -0.4 is 4.90 Å². The molecule has 2 aromatic rings. The van der Waals surface area contributed by atoms with Crippen molar-refractivity contribution in [2.75, 3.05) is 11.4 Å². The zero-order valence-electron chi connectivity index (χ0n) is 14.1. The monoisotopic (exact) mass is 351 g/mol. The van der Waals surface area contributed by atoms with Crippen LogP contribution in [0.4, 0.5) is 18.9 Å². The van der Waals surface area contributed by atoms with Gasteiger partial charge in [0.15, 0.2) is 6.10 Å². The molecule has 4 rings (SSSR count). The first-order chi connectivity index (χ1) is 11.7. The van der Waals surface area contributed by atoms with Crippen molar-refractivity contribution in [1.82, 2.24) is 9.55 Å². The molecule has 0 amide bonds. The number of hydrogen-bond donors (Lipinski definition) is 1. The van der Waals surface area contributed by atoms with Gasteiger partial charge in [-0.25, -0.2) is 4.98 Å². The van der Waals surface area contributed by atoms with Crippen molar-refractivity contribution in [3.8, 4) is 5.69 Å². The van der Waals surface area contributed by atoms with E-state index in [1.54, 1.807) is 0 Å². The van der Waals surface area contributed by atoms with E-state index in [-0.39, 0.29) is 5.41 Å². The second kappa shape index (κ2) is 5.24. The van der Waals surface area contributed by atoms with E-state index in [2.05, 4.69) is 23.7 Å². The predicted octanol–water partition coefficient (Wildman–Crippen LogP) is 3.73. The third-order valence-electron chi connectivity index (χ3n) is 5.06. The number of alkyl halides is 3. The van der Waals surface area contributed by atoms with E-state index in [0.29, 0.717) is 6.04 Å². The van der Waals surface area contributed by atoms with Crippen LogP contribution in [0.3, 0.4) is 0 Å². The van der Waals surface area contributed by atoms with E-state index < -0.39 is 18.0 Å². The van der Waals surface area contributed by atoms with Crippen molar-refractivity contribution in [3.63, 3.8) is 0 Å². The Balaban J connectivity index is 1.69. The molecule has 1 aliphatic carbocycles. The smallest absolute Gasteiger partial charge is 0.378 e. The summed E-state index contributed by atoms with van der Waals surface area (Å²) in [6, 6.07) is 6.52. The number of benzene rings is 1. The van der Waals surface area contributed by atoms with Crippen molar-refractivity contribution >= 4 is 5.69 Å². The Morgan fingerprint density at radius 2 is 2.00 bits per heavy atom. The molecule has 0 bridgehead atoms. The van der Waals surface area contributed by atoms with Crippen LogP contribution in [0.1, 0.15) is 44.1 Å². The van der Waals surface area contributed by atoms with Gasteiger partial charge in [-0.05, 0) is 30.5 Å². The zero-order valence-corrected chi connectivity index (χ0v) is 14.1. The summed E-state index contributed by atoms with van der Waals surface area (Å²) in [5.74, 6) is 0. The van der Waals surface area contributed by atoms with E-state index >= 15 is 0 Å². The van der Waals surface area contributed by atoms with Gasteiger partial charge in [0.1, 0.15) is 0 Å². The number of anilines is 1. The maximum absolute atomic E-state index is 12.7. The molecule has 0 spiro atoms. The average molecular weight is 351 g/mol. The van der Waals surface area contributed by atoms with Gasteiger partial charge in [-0.3, -0.25) is 0 Å². The maximum Gasteiger partial charge on any atom is 0.420 e. The lowest BCUT2D eigenvalue weighted by Gasteiger charge is -2.22. The summed E-state index contributed by atoms with van der Waals surface area (Å²) in [7, 11) is 0. The van der Waals surface area contributed by atoms with Crippen LogP contribution in [0.2, 0.25) is 0 Å². The molecule has 1 N–H and O–H groups in total. The van der Waals surface area contributed by atoms with Crippen molar-refractivity contribution in [2.45, 2.75) is 50.4 Å². The first kappa shape index (κ1) is 16.4. The highest BCUT2D eigenvalue weighted by Gasteiger charge is 2.42. The lowest BCUT2D eigenvalue weighted by molar-refractivity contribution is -0.207. The molecular weight excluding hydrogens is 331 g/mol. The van der Waals surface area contributed by atoms with Crippen molar-refractivity contribution in [1.29, 1.82) is 0 Å². The van der Waals surface area contributed by atoms with Gasteiger partial charge in [0.05, 0.1) is 12.0 Å². The third-order valence-corrected chi connectivity index (χ3v) is 5.06. The number of fused-ring (bicyclic) bond motifs is 1. The first-order valence-corrected chi connectivity index (χ1v) is 8.37. The minimum Gasteiger partial charge on any atom is -0.378 e. The fourth-order valence-electron chi connectivity index (χ4n) is 3.59. The molecule has 0 saturated heterocycles. The second-order valence-electron chi connectivity index (χ2n) is 7.59. The number of nitrogens with zero attached hydrogens (tertiary/aromatic N) is 3. The summed E-state index contributed by atoms with van der Waals surface area (Å²) >= 11 is 0. The van der Waals surface area contributed by atoms with E-state index in [9.17, 15) is 18.3 Å². The molecule has 1 aromatic heterocycles. The Morgan fingerprint density at radius 3 is 2.64 bits per heavy atom. The molecule has 1 aliphatic heterocycles. The first-order valence-electron chi connectivity index (χ1n) is 8.37. The van der Waals surface area contributed by atoms with Crippen LogP contribution >= 0.6 is 0 Å². The Labute approximate surface area is 143 Å². The number of halogens is 3. The van der Waals surface area contributed by atoms with Crippen LogP contribution in [0, 0.1) is 0 Å². The van der Waals surface area contributed by atoms with E-state index in [1.807, 2.05) is 18.2 Å². The van der Waals surface area contributed by atoms with E-state index in [0.717, 1.165) is 17.9 Å². The fraction of sp³-hybridized carbons (Fsp3) is 0.500. The highest BCUT2D eigenvalue weighted by molar-refractivity contribution is 5.67. The number of aromatic nitrogens is 2. The van der Waals surface area contributed by atoms with Gasteiger partial charge in [-0.15, -0.1) is 0 Å². The summed E-state index contributed by atoms with van der Waals surface area (Å²) in [6.07, 6.45) is -2.36. The molecule has 2 aliphatic rings. The Morgan fingerprint density at radius 1 is 1.28 bits per heavy atom. The van der Waals surface area contributed by atoms with Crippen LogP contribution in [0.5, 0.6) is 0 Å². The predicted molar refractivity (Wildman–Crippen MR) is 88.0 cm³/mol. The molecule has 1 saturated carbocycles. The van der Waals surface area contributed by atoms with Gasteiger partial charge >= 0.3 is 6.18 Å². The lowest BCUT2D eigenvalue weighted by atomic mass is 9.87. The number of aliphatic hydroxyl groups is 1. The topological polar surface area (TPSA) is 41.3 Å². The molecule has 7 heteroatoms. The third kappa shape index (κ3) is 2.80. The van der Waals surface area contributed by atoms with E-state index in [4.69, 9.17) is 0 Å². The van der Waals surface area contributed by atoms with Gasteiger partial charge < -0.3 is 14.6 Å². The molecule has 4 nitrogen and oxygen atoms in total. The molecule has 1 unspecified atom stereocenters. The van der Waals surface area contributed by atoms with Gasteiger partial charge in [-0.1, -0.05) is 19.9 Å². The summed E-state index contributed by atoms with van der Waals surface area (Å²) in [5.41, 5.74) is 2.82. The molecule has 25 heavy (non-hydrogen) atoms. The standard InChI is InChI=1S/C18H20F3N3O/c1-17(2)9-24(11-3-4-11)15-7-12(5-6-13(15)17)23-8-14(22-10-23)16(25)18(19,20)21/h5-8,10-11,16,25H,3-4,9H2,1-2H3. The molecule has 0 radical (unpaired) electrons. The van der Waals surface area contributed by atoms with Crippen molar-refractivity contribution in [2.24, 2.45) is 0 Å². The fourth-order valence-corrected chi connectivity index (χ4v) is 3.59. The molecular formula is C18H20F3N3O. The minimum absolute atomic E-state index is 0.0586. The lowest BCUT2D eigenvalue weighted by Crippen LogP contribution is -2.30. The quantitative estimate of drug-likeness (QED) is 0.916. The highest BCUT2D eigenvalue weighted by atomic mass is 19.4. The Bertz CT molecular complexity index is 808. The highest BCUT2D eigenvalue weighted by Crippen LogP contribution is 2.46. The van der Waals surface area contributed by atoms with Crippen molar-refractivity contribution in [3.05, 3.63) is 42.0 Å². The molecule has 1 atom stereocenters. The van der Waals surface area contributed by atoms with Gasteiger partial charge in [0.25, 0.3) is 0 Å². The van der Waals surface area contributed by atoms with Crippen LogP contribution in [0.15, 0.2) is 30.7 Å². The summed E-state index contributed by atoms with van der Waals surface area (Å²) in [4.78, 5) is 6.13. The van der Waals surface area contributed by atoms with Crippen molar-refractivity contribution < 1.29 is 18.3 Å². The normalized spacial score (nSPS) is 20.6. The summed E-state index contributed by atoms with van der Waals surface area (Å²) in [6.45, 7) is 5.38. The molecule has 134 valence electrons. The number of imidazole rings is 1. The van der Waals surface area contributed by atoms with Crippen LogP contribution in [-0.2, 0) is 5.41 Å². The Kier molecular flexibility index (Phi) is 3.45. The maximum atomic E-state index is 12.7. The summed E-state index contributed by atoms with van der Waals surface area (Å²) < 4.78 is 39.5. The second-order valence-corrected chi connectivity index (χ2v) is 7.59. The van der Waals surface area contributed by atoms with Gasteiger partial charge in [-0.2, -0.15) is 13.2 Å². The summed E-state index contributed by atoms with van der Waals surface area (Å²) in [5, 5.41) is 9.35. The van der Waals surface area contributed by atoms with Crippen LogP contribution in [0.25, 0.3) is 5.69 Å². The largest absolute Gasteiger partial charge is 0.420 e.